The van der Waals surface area contributed by atoms with Crippen molar-refractivity contribution < 1.29 is 9.59 Å². The predicted molar refractivity (Wildman–Crippen MR) is 104 cm³/mol. The van der Waals surface area contributed by atoms with E-state index in [-0.39, 0.29) is 17.5 Å². The molecule has 0 atom stereocenters. The number of amides is 2. The van der Waals surface area contributed by atoms with E-state index in [1.54, 1.807) is 29.0 Å². The SMILES string of the molecule is Cn1nc(-c2ccncc2)nc1CCNC(=O)c1c(C(=O)N2CCC2)cnn1C. The molecule has 4 heterocycles. The standard InChI is InChI=1S/C19H22N8O2/c1-25-15(23-17(24-25)13-4-7-20-8-5-13)6-9-21-18(28)16-14(12-22-26(16)2)19(29)27-10-3-11-27/h4-5,7-8,12H,3,6,9-11H2,1-2H3,(H,21,28). The molecule has 2 amide bonds. The molecule has 0 unspecified atom stereocenters. The molecule has 0 aliphatic carbocycles. The second-order valence-corrected chi connectivity index (χ2v) is 6.89. The molecule has 0 aromatic carbocycles. The molecule has 1 saturated heterocycles. The summed E-state index contributed by atoms with van der Waals surface area (Å²) in [5.41, 5.74) is 1.50. The number of aromatic nitrogens is 6. The highest BCUT2D eigenvalue weighted by molar-refractivity contribution is 6.06. The molecule has 150 valence electrons. The third kappa shape index (κ3) is 3.73. The van der Waals surface area contributed by atoms with Crippen LogP contribution in [-0.2, 0) is 20.5 Å². The number of aryl methyl sites for hydroxylation is 2. The van der Waals surface area contributed by atoms with Gasteiger partial charge in [-0.2, -0.15) is 10.2 Å². The molecule has 10 heteroatoms. The van der Waals surface area contributed by atoms with Crippen molar-refractivity contribution in [3.63, 3.8) is 0 Å². The number of pyridine rings is 1. The minimum atomic E-state index is -0.328. The highest BCUT2D eigenvalue weighted by atomic mass is 16.2. The van der Waals surface area contributed by atoms with Crippen molar-refractivity contribution in [1.82, 2.24) is 39.7 Å². The van der Waals surface area contributed by atoms with Gasteiger partial charge in [0.15, 0.2) is 5.82 Å². The topological polar surface area (TPSA) is 111 Å². The highest BCUT2D eigenvalue weighted by Gasteiger charge is 2.28. The fourth-order valence-corrected chi connectivity index (χ4v) is 3.18. The molecular formula is C19H22N8O2. The summed E-state index contributed by atoms with van der Waals surface area (Å²) in [5, 5.41) is 11.4. The third-order valence-corrected chi connectivity index (χ3v) is 4.95. The summed E-state index contributed by atoms with van der Waals surface area (Å²) >= 11 is 0. The molecule has 1 aliphatic rings. The second kappa shape index (κ2) is 7.82. The van der Waals surface area contributed by atoms with Gasteiger partial charge in [-0.1, -0.05) is 0 Å². The van der Waals surface area contributed by atoms with Crippen LogP contribution in [0.5, 0.6) is 0 Å². The Kier molecular flexibility index (Phi) is 5.07. The number of nitrogens with one attached hydrogen (secondary N) is 1. The minimum absolute atomic E-state index is 0.148. The van der Waals surface area contributed by atoms with E-state index >= 15 is 0 Å². The van der Waals surface area contributed by atoms with Crippen molar-refractivity contribution in [2.45, 2.75) is 12.8 Å². The molecule has 3 aromatic heterocycles. The highest BCUT2D eigenvalue weighted by Crippen LogP contribution is 2.16. The van der Waals surface area contributed by atoms with Gasteiger partial charge >= 0.3 is 0 Å². The first-order valence-corrected chi connectivity index (χ1v) is 9.44. The minimum Gasteiger partial charge on any atom is -0.350 e. The normalized spacial score (nSPS) is 13.2. The molecule has 10 nitrogen and oxygen atoms in total. The molecule has 1 aliphatic heterocycles. The van der Waals surface area contributed by atoms with Crippen LogP contribution in [0, 0.1) is 0 Å². The van der Waals surface area contributed by atoms with E-state index in [4.69, 9.17) is 0 Å². The zero-order valence-electron chi connectivity index (χ0n) is 16.4. The van der Waals surface area contributed by atoms with Gasteiger partial charge in [0.25, 0.3) is 11.8 Å². The summed E-state index contributed by atoms with van der Waals surface area (Å²) in [7, 11) is 3.48. The van der Waals surface area contributed by atoms with Gasteiger partial charge < -0.3 is 10.2 Å². The lowest BCUT2D eigenvalue weighted by Crippen LogP contribution is -2.43. The number of rotatable bonds is 6. The van der Waals surface area contributed by atoms with Crippen molar-refractivity contribution in [1.29, 1.82) is 0 Å². The maximum Gasteiger partial charge on any atom is 0.270 e. The van der Waals surface area contributed by atoms with Crippen LogP contribution in [0.25, 0.3) is 11.4 Å². The third-order valence-electron chi connectivity index (χ3n) is 4.95. The summed E-state index contributed by atoms with van der Waals surface area (Å²) in [6.07, 6.45) is 6.34. The molecule has 1 fully saturated rings. The number of hydrogen-bond acceptors (Lipinski definition) is 6. The molecule has 0 spiro atoms. The summed E-state index contributed by atoms with van der Waals surface area (Å²) in [5.74, 6) is 0.888. The average Bonchev–Trinajstić information content (AvgIpc) is 3.24. The van der Waals surface area contributed by atoms with Crippen molar-refractivity contribution in [2.24, 2.45) is 14.1 Å². The Morgan fingerprint density at radius 1 is 1.14 bits per heavy atom. The van der Waals surface area contributed by atoms with E-state index in [0.29, 0.717) is 24.4 Å². The van der Waals surface area contributed by atoms with Crippen molar-refractivity contribution in [2.75, 3.05) is 19.6 Å². The summed E-state index contributed by atoms with van der Waals surface area (Å²) in [6.45, 7) is 1.81. The monoisotopic (exact) mass is 394 g/mol. The van der Waals surface area contributed by atoms with Crippen LogP contribution < -0.4 is 5.32 Å². The lowest BCUT2D eigenvalue weighted by molar-refractivity contribution is 0.0647. The van der Waals surface area contributed by atoms with Crippen LogP contribution in [0.2, 0.25) is 0 Å². The lowest BCUT2D eigenvalue weighted by atomic mass is 10.1. The van der Waals surface area contributed by atoms with Gasteiger partial charge in [0.1, 0.15) is 11.5 Å². The first-order chi connectivity index (χ1) is 14.0. The number of likely N-dealkylation sites (tertiary alicyclic amines) is 1. The van der Waals surface area contributed by atoms with E-state index < -0.39 is 0 Å². The van der Waals surface area contributed by atoms with Crippen LogP contribution >= 0.6 is 0 Å². The molecule has 0 saturated carbocycles. The maximum absolute atomic E-state index is 12.7. The van der Waals surface area contributed by atoms with Gasteiger partial charge in [-0.05, 0) is 18.6 Å². The number of carbonyl (C=O) groups excluding carboxylic acids is 2. The molecule has 0 radical (unpaired) electrons. The van der Waals surface area contributed by atoms with Gasteiger partial charge in [0, 0.05) is 58.1 Å². The van der Waals surface area contributed by atoms with E-state index in [9.17, 15) is 9.59 Å². The molecular weight excluding hydrogens is 372 g/mol. The Morgan fingerprint density at radius 3 is 2.59 bits per heavy atom. The van der Waals surface area contributed by atoms with Crippen molar-refractivity contribution >= 4 is 11.8 Å². The molecule has 3 aromatic rings. The van der Waals surface area contributed by atoms with Crippen LogP contribution in [0.1, 0.15) is 33.1 Å². The first-order valence-electron chi connectivity index (χ1n) is 9.44. The van der Waals surface area contributed by atoms with Gasteiger partial charge in [0.2, 0.25) is 0 Å². The van der Waals surface area contributed by atoms with Crippen molar-refractivity contribution in [3.8, 4) is 11.4 Å². The molecule has 4 rings (SSSR count). The fraction of sp³-hybridized carbons (Fsp3) is 0.368. The van der Waals surface area contributed by atoms with Crippen LogP contribution in [0.3, 0.4) is 0 Å². The maximum atomic E-state index is 12.7. The zero-order chi connectivity index (χ0) is 20.4. The summed E-state index contributed by atoms with van der Waals surface area (Å²) in [4.78, 5) is 35.5. The Balaban J connectivity index is 1.41. The summed E-state index contributed by atoms with van der Waals surface area (Å²) in [6, 6.07) is 3.69. The van der Waals surface area contributed by atoms with E-state index in [0.717, 1.165) is 30.9 Å². The number of hydrogen-bond donors (Lipinski definition) is 1. The van der Waals surface area contributed by atoms with Gasteiger partial charge in [0.05, 0.1) is 11.8 Å². The van der Waals surface area contributed by atoms with Gasteiger partial charge in [-0.25, -0.2) is 4.98 Å². The first kappa shape index (κ1) is 18.8. The molecule has 29 heavy (non-hydrogen) atoms. The molecule has 0 bridgehead atoms. The lowest BCUT2D eigenvalue weighted by Gasteiger charge is -2.30. The summed E-state index contributed by atoms with van der Waals surface area (Å²) < 4.78 is 3.14. The number of carbonyl (C=O) groups is 2. The smallest absolute Gasteiger partial charge is 0.270 e. The van der Waals surface area contributed by atoms with Crippen LogP contribution in [0.15, 0.2) is 30.7 Å². The Bertz CT molecular complexity index is 1040. The predicted octanol–water partition coefficient (Wildman–Crippen LogP) is 0.429. The van der Waals surface area contributed by atoms with Crippen LogP contribution in [0.4, 0.5) is 0 Å². The zero-order valence-corrected chi connectivity index (χ0v) is 16.4. The number of nitrogens with zero attached hydrogens (tertiary/aromatic N) is 7. The Morgan fingerprint density at radius 2 is 1.90 bits per heavy atom. The molecule has 1 N–H and O–H groups in total. The van der Waals surface area contributed by atoms with Gasteiger partial charge in [-0.15, -0.1) is 0 Å². The van der Waals surface area contributed by atoms with Crippen LogP contribution in [-0.4, -0.2) is 65.9 Å². The average molecular weight is 394 g/mol. The fourth-order valence-electron chi connectivity index (χ4n) is 3.18. The van der Waals surface area contributed by atoms with E-state index in [2.05, 4.69) is 25.5 Å². The quantitative estimate of drug-likeness (QED) is 0.649. The van der Waals surface area contributed by atoms with Gasteiger partial charge in [-0.3, -0.25) is 23.9 Å². The Labute approximate surface area is 167 Å². The van der Waals surface area contributed by atoms with E-state index in [1.165, 1.54) is 10.9 Å². The Hall–Kier alpha value is -3.56. The largest absolute Gasteiger partial charge is 0.350 e. The second-order valence-electron chi connectivity index (χ2n) is 6.89. The van der Waals surface area contributed by atoms with Crippen molar-refractivity contribution in [3.05, 3.63) is 47.8 Å². The van der Waals surface area contributed by atoms with E-state index in [1.807, 2.05) is 19.2 Å².